The maximum absolute atomic E-state index is 12.5. The van der Waals surface area contributed by atoms with Gasteiger partial charge in [-0.1, -0.05) is 25.1 Å². The molecule has 10 heteroatoms. The Hall–Kier alpha value is -3.08. The number of nitrogens with one attached hydrogen (secondary N) is 2. The van der Waals surface area contributed by atoms with E-state index in [9.17, 15) is 19.8 Å². The van der Waals surface area contributed by atoms with Crippen molar-refractivity contribution in [2.24, 2.45) is 4.99 Å². The lowest BCUT2D eigenvalue weighted by molar-refractivity contribution is -0.120. The SMILES string of the molecule is CCC(=O)CC[C@H]1O[C@@H](n2cnc3c2NCN=C3NC(=O)c2ccccc2)[C@@H](O)C1O. The highest BCUT2D eigenvalue weighted by Crippen LogP contribution is 2.35. The monoisotopic (exact) mass is 427 g/mol. The van der Waals surface area contributed by atoms with E-state index in [1.807, 2.05) is 6.07 Å². The van der Waals surface area contributed by atoms with Gasteiger partial charge in [-0.3, -0.25) is 14.2 Å². The number of hydrogen-bond acceptors (Lipinski definition) is 8. The number of aromatic nitrogens is 2. The lowest BCUT2D eigenvalue weighted by Gasteiger charge is -2.22. The van der Waals surface area contributed by atoms with Crippen LogP contribution in [0.1, 0.15) is 48.5 Å². The number of carbonyl (C=O) groups is 2. The molecule has 2 aliphatic heterocycles. The lowest BCUT2D eigenvalue weighted by Crippen LogP contribution is -2.35. The molecule has 4 rings (SSSR count). The van der Waals surface area contributed by atoms with Crippen molar-refractivity contribution >= 4 is 23.3 Å². The van der Waals surface area contributed by atoms with E-state index in [1.165, 1.54) is 6.33 Å². The zero-order valence-corrected chi connectivity index (χ0v) is 17.1. The molecule has 1 unspecified atom stereocenters. The molecule has 1 aromatic heterocycles. The van der Waals surface area contributed by atoms with Crippen LogP contribution in [-0.2, 0) is 9.53 Å². The Kier molecular flexibility index (Phi) is 6.12. The number of nitrogens with zero attached hydrogens (tertiary/aromatic N) is 3. The number of anilines is 1. The first-order chi connectivity index (χ1) is 15.0. The highest BCUT2D eigenvalue weighted by Gasteiger charge is 2.44. The maximum Gasteiger partial charge on any atom is 0.256 e. The third-order valence-corrected chi connectivity index (χ3v) is 5.48. The Balaban J connectivity index is 1.50. The first kappa shape index (κ1) is 21.2. The molecule has 2 aliphatic rings. The summed E-state index contributed by atoms with van der Waals surface area (Å²) in [5.74, 6) is 0.583. The standard InChI is InChI=1S/C21H25N5O5/c1-2-13(27)8-9-14-16(28)17(29)21(31-14)26-11-24-15-18(22-10-23-19(15)26)25-20(30)12-6-4-3-5-7-12/h3-7,11,14,16-17,21,23,28-29H,2,8-10H2,1H3,(H,22,25,30)/t14-,16?,17+,21-/m1/s1. The fraction of sp³-hybridized carbons (Fsp3) is 0.429. The molecule has 164 valence electrons. The number of amidine groups is 1. The first-order valence-electron chi connectivity index (χ1n) is 10.2. The fourth-order valence-electron chi connectivity index (χ4n) is 3.72. The Morgan fingerprint density at radius 2 is 2.03 bits per heavy atom. The van der Waals surface area contributed by atoms with Crippen LogP contribution in [0.15, 0.2) is 41.7 Å². The van der Waals surface area contributed by atoms with Crippen molar-refractivity contribution in [3.05, 3.63) is 47.9 Å². The Morgan fingerprint density at radius 3 is 2.77 bits per heavy atom. The number of fused-ring (bicyclic) bond motifs is 1. The van der Waals surface area contributed by atoms with Gasteiger partial charge in [-0.25, -0.2) is 9.98 Å². The quantitative estimate of drug-likeness (QED) is 0.535. The molecule has 0 bridgehead atoms. The van der Waals surface area contributed by atoms with Crippen molar-refractivity contribution in [2.75, 3.05) is 12.0 Å². The van der Waals surface area contributed by atoms with Gasteiger partial charge >= 0.3 is 0 Å². The molecular formula is C21H25N5O5. The molecule has 1 saturated heterocycles. The number of ether oxygens (including phenoxy) is 1. The number of aliphatic hydroxyl groups excluding tert-OH is 2. The van der Waals surface area contributed by atoms with Gasteiger partial charge in [0.2, 0.25) is 0 Å². The second-order valence-corrected chi connectivity index (χ2v) is 7.49. The number of Topliss-reactive ketones (excluding diaryl/α,β-unsaturated/α-hetero) is 1. The van der Waals surface area contributed by atoms with Crippen molar-refractivity contribution in [3.63, 3.8) is 0 Å². The molecule has 31 heavy (non-hydrogen) atoms. The summed E-state index contributed by atoms with van der Waals surface area (Å²) in [4.78, 5) is 32.7. The number of rotatable bonds is 6. The fourth-order valence-corrected chi connectivity index (χ4v) is 3.72. The summed E-state index contributed by atoms with van der Waals surface area (Å²) in [6, 6.07) is 8.77. The van der Waals surface area contributed by atoms with Crippen LogP contribution in [0.4, 0.5) is 5.82 Å². The van der Waals surface area contributed by atoms with Crippen LogP contribution >= 0.6 is 0 Å². The molecule has 4 N–H and O–H groups in total. The van der Waals surface area contributed by atoms with Crippen LogP contribution in [-0.4, -0.2) is 62.3 Å². The second kappa shape index (κ2) is 8.96. The minimum atomic E-state index is -1.19. The average Bonchev–Trinajstić information content (AvgIpc) is 3.34. The van der Waals surface area contributed by atoms with Crippen LogP contribution in [0.2, 0.25) is 0 Å². The third kappa shape index (κ3) is 4.22. The molecule has 1 aromatic carbocycles. The van der Waals surface area contributed by atoms with Gasteiger partial charge in [-0.15, -0.1) is 0 Å². The molecule has 4 atom stereocenters. The number of ketones is 1. The van der Waals surface area contributed by atoms with Crippen molar-refractivity contribution < 1.29 is 24.5 Å². The van der Waals surface area contributed by atoms with E-state index in [-0.39, 0.29) is 24.8 Å². The van der Waals surface area contributed by atoms with E-state index in [1.54, 1.807) is 35.8 Å². The maximum atomic E-state index is 12.5. The van der Waals surface area contributed by atoms with E-state index >= 15 is 0 Å². The number of aliphatic imine (C=N–C) groups is 1. The lowest BCUT2D eigenvalue weighted by atomic mass is 10.0. The molecule has 2 aromatic rings. The van der Waals surface area contributed by atoms with E-state index < -0.39 is 24.5 Å². The minimum absolute atomic E-state index is 0.0745. The van der Waals surface area contributed by atoms with Crippen molar-refractivity contribution in [1.29, 1.82) is 0 Å². The van der Waals surface area contributed by atoms with E-state index in [0.717, 1.165) is 0 Å². The molecule has 0 radical (unpaired) electrons. The summed E-state index contributed by atoms with van der Waals surface area (Å²) in [6.07, 6.45) is -1.37. The van der Waals surface area contributed by atoms with Gasteiger partial charge < -0.3 is 25.6 Å². The summed E-state index contributed by atoms with van der Waals surface area (Å²) in [5.41, 5.74) is 0.900. The highest BCUT2D eigenvalue weighted by atomic mass is 16.6. The number of amides is 1. The van der Waals surface area contributed by atoms with Gasteiger partial charge in [0.05, 0.1) is 12.4 Å². The van der Waals surface area contributed by atoms with E-state index in [4.69, 9.17) is 4.74 Å². The van der Waals surface area contributed by atoms with Gasteiger partial charge in [0.15, 0.2) is 12.1 Å². The predicted molar refractivity (Wildman–Crippen MR) is 112 cm³/mol. The van der Waals surface area contributed by atoms with Gasteiger partial charge in [-0.2, -0.15) is 0 Å². The molecule has 1 fully saturated rings. The third-order valence-electron chi connectivity index (χ3n) is 5.48. The zero-order valence-electron chi connectivity index (χ0n) is 17.1. The molecular weight excluding hydrogens is 402 g/mol. The Bertz CT molecular complexity index is 989. The molecule has 0 saturated carbocycles. The molecule has 10 nitrogen and oxygen atoms in total. The molecule has 1 amide bonds. The first-order valence-corrected chi connectivity index (χ1v) is 10.2. The van der Waals surface area contributed by atoms with Crippen LogP contribution in [0.5, 0.6) is 0 Å². The van der Waals surface area contributed by atoms with Gasteiger partial charge in [0, 0.05) is 18.4 Å². The van der Waals surface area contributed by atoms with E-state index in [0.29, 0.717) is 35.8 Å². The Labute approximate surface area is 179 Å². The number of carbonyl (C=O) groups excluding carboxylic acids is 2. The number of imidazole rings is 1. The van der Waals surface area contributed by atoms with E-state index in [2.05, 4.69) is 20.6 Å². The number of benzene rings is 1. The smallest absolute Gasteiger partial charge is 0.256 e. The van der Waals surface area contributed by atoms with Crippen LogP contribution < -0.4 is 10.6 Å². The summed E-state index contributed by atoms with van der Waals surface area (Å²) in [7, 11) is 0. The normalized spacial score (nSPS) is 24.8. The van der Waals surface area contributed by atoms with Crippen LogP contribution in [0.25, 0.3) is 0 Å². The van der Waals surface area contributed by atoms with Crippen molar-refractivity contribution in [3.8, 4) is 0 Å². The summed E-state index contributed by atoms with van der Waals surface area (Å²) < 4.78 is 7.46. The van der Waals surface area contributed by atoms with Crippen LogP contribution in [0, 0.1) is 0 Å². The highest BCUT2D eigenvalue weighted by molar-refractivity contribution is 6.14. The second-order valence-electron chi connectivity index (χ2n) is 7.49. The summed E-state index contributed by atoms with van der Waals surface area (Å²) in [6.45, 7) is 1.98. The van der Waals surface area contributed by atoms with Gasteiger partial charge in [0.25, 0.3) is 5.91 Å². The van der Waals surface area contributed by atoms with Crippen molar-refractivity contribution in [1.82, 2.24) is 14.9 Å². The Morgan fingerprint density at radius 1 is 1.26 bits per heavy atom. The molecule has 3 heterocycles. The average molecular weight is 427 g/mol. The largest absolute Gasteiger partial charge is 0.388 e. The number of hydrogen-bond donors (Lipinski definition) is 4. The molecule has 0 aliphatic carbocycles. The van der Waals surface area contributed by atoms with Crippen LogP contribution in [0.3, 0.4) is 0 Å². The summed E-state index contributed by atoms with van der Waals surface area (Å²) >= 11 is 0. The summed E-state index contributed by atoms with van der Waals surface area (Å²) in [5, 5.41) is 26.8. The van der Waals surface area contributed by atoms with Crippen molar-refractivity contribution in [2.45, 2.75) is 50.7 Å². The zero-order chi connectivity index (χ0) is 22.0. The van der Waals surface area contributed by atoms with Gasteiger partial charge in [0.1, 0.15) is 36.2 Å². The molecule has 0 spiro atoms. The topological polar surface area (TPSA) is 138 Å². The minimum Gasteiger partial charge on any atom is -0.388 e. The predicted octanol–water partition coefficient (Wildman–Crippen LogP) is 0.821. The number of aliphatic hydroxyl groups is 2. The van der Waals surface area contributed by atoms with Gasteiger partial charge in [-0.05, 0) is 18.6 Å².